The zero-order chi connectivity index (χ0) is 17.2. The van der Waals surface area contributed by atoms with Crippen LogP contribution in [0.2, 0.25) is 0 Å². The summed E-state index contributed by atoms with van der Waals surface area (Å²) in [5.74, 6) is 0.982. The second kappa shape index (κ2) is 6.53. The molecule has 124 valence electrons. The number of aryl methyl sites for hydroxylation is 1. The van der Waals surface area contributed by atoms with Gasteiger partial charge in [-0.05, 0) is 42.1 Å². The second-order valence-electron chi connectivity index (χ2n) is 5.89. The Morgan fingerprint density at radius 3 is 2.76 bits per heavy atom. The highest BCUT2D eigenvalue weighted by Gasteiger charge is 2.21. The van der Waals surface area contributed by atoms with Crippen molar-refractivity contribution in [2.24, 2.45) is 0 Å². The third-order valence-corrected chi connectivity index (χ3v) is 5.06. The maximum atomic E-state index is 10.8. The molecule has 3 heterocycles. The van der Waals surface area contributed by atoms with Gasteiger partial charge in [-0.15, -0.1) is 11.3 Å². The molecule has 25 heavy (non-hydrogen) atoms. The fourth-order valence-electron chi connectivity index (χ4n) is 2.90. The van der Waals surface area contributed by atoms with Crippen molar-refractivity contribution >= 4 is 28.1 Å². The average molecular weight is 347 g/mol. The molecular formula is C20H17N3OS. The smallest absolute Gasteiger partial charge is 0.147 e. The molecule has 4 rings (SSSR count). The van der Waals surface area contributed by atoms with Gasteiger partial charge >= 0.3 is 0 Å². The van der Waals surface area contributed by atoms with Gasteiger partial charge in [-0.1, -0.05) is 24.3 Å². The Morgan fingerprint density at radius 2 is 1.96 bits per heavy atom. The molecule has 0 saturated heterocycles. The van der Waals surface area contributed by atoms with Gasteiger partial charge in [0.25, 0.3) is 0 Å². The van der Waals surface area contributed by atoms with Crippen molar-refractivity contribution in [3.63, 3.8) is 0 Å². The number of rotatable bonds is 4. The van der Waals surface area contributed by atoms with Gasteiger partial charge in [0, 0.05) is 28.2 Å². The van der Waals surface area contributed by atoms with Crippen LogP contribution in [0.3, 0.4) is 0 Å². The first-order valence-electron chi connectivity index (χ1n) is 8.01. The summed E-state index contributed by atoms with van der Waals surface area (Å²) in [7, 11) is 0. The Balaban J connectivity index is 1.83. The van der Waals surface area contributed by atoms with Crippen molar-refractivity contribution in [3.05, 3.63) is 82.3 Å². The maximum Gasteiger partial charge on any atom is 0.147 e. The predicted octanol–water partition coefficient (Wildman–Crippen LogP) is 4.91. The third kappa shape index (κ3) is 3.06. The molecule has 0 aliphatic rings. The highest BCUT2D eigenvalue weighted by atomic mass is 32.1. The molecule has 1 unspecified atom stereocenters. The number of thiophene rings is 1. The topological polar surface area (TPSA) is 58.0 Å². The first kappa shape index (κ1) is 15.6. The van der Waals surface area contributed by atoms with Gasteiger partial charge in [0.15, 0.2) is 0 Å². The van der Waals surface area contributed by atoms with Crippen molar-refractivity contribution < 1.29 is 5.11 Å². The lowest BCUT2D eigenvalue weighted by Crippen LogP contribution is -2.12. The lowest BCUT2D eigenvalue weighted by atomic mass is 10.0. The summed E-state index contributed by atoms with van der Waals surface area (Å²) < 4.78 is 0. The molecule has 0 bridgehead atoms. The Kier molecular flexibility index (Phi) is 4.07. The second-order valence-corrected chi connectivity index (χ2v) is 6.87. The number of anilines is 1. The van der Waals surface area contributed by atoms with Crippen LogP contribution in [-0.4, -0.2) is 15.1 Å². The van der Waals surface area contributed by atoms with Crippen LogP contribution in [-0.2, 0) is 0 Å². The van der Waals surface area contributed by atoms with Crippen LogP contribution in [0.4, 0.5) is 5.82 Å². The van der Waals surface area contributed by atoms with Gasteiger partial charge < -0.3 is 10.4 Å². The summed E-state index contributed by atoms with van der Waals surface area (Å²) in [5.41, 5.74) is 2.53. The molecule has 4 aromatic rings. The van der Waals surface area contributed by atoms with Crippen LogP contribution >= 0.6 is 11.3 Å². The monoisotopic (exact) mass is 347 g/mol. The molecule has 1 aromatic carbocycles. The SMILES string of the molecule is Cc1ccnc(NC(c2cccs2)c2ccc3cccnc3c2O)c1. The van der Waals surface area contributed by atoms with E-state index < -0.39 is 0 Å². The molecule has 0 amide bonds. The summed E-state index contributed by atoms with van der Waals surface area (Å²) in [6.45, 7) is 2.03. The Bertz CT molecular complexity index is 1010. The first-order chi connectivity index (χ1) is 12.2. The summed E-state index contributed by atoms with van der Waals surface area (Å²) in [6, 6.07) is 15.6. The van der Waals surface area contributed by atoms with E-state index in [-0.39, 0.29) is 11.8 Å². The van der Waals surface area contributed by atoms with Gasteiger partial charge in [-0.3, -0.25) is 4.98 Å². The lowest BCUT2D eigenvalue weighted by Gasteiger charge is -2.20. The summed E-state index contributed by atoms with van der Waals surface area (Å²) in [5, 5.41) is 17.2. The quantitative estimate of drug-likeness (QED) is 0.551. The molecule has 0 aliphatic carbocycles. The molecule has 0 aliphatic heterocycles. The first-order valence-corrected chi connectivity index (χ1v) is 8.89. The number of phenols is 1. The molecule has 0 saturated carbocycles. The number of aromatic nitrogens is 2. The van der Waals surface area contributed by atoms with E-state index in [1.165, 1.54) is 0 Å². The van der Waals surface area contributed by atoms with Gasteiger partial charge in [-0.2, -0.15) is 0 Å². The third-order valence-electron chi connectivity index (χ3n) is 4.13. The van der Waals surface area contributed by atoms with Crippen molar-refractivity contribution in [1.82, 2.24) is 9.97 Å². The van der Waals surface area contributed by atoms with Crippen LogP contribution in [0.5, 0.6) is 5.75 Å². The number of benzene rings is 1. The molecule has 4 nitrogen and oxygen atoms in total. The van der Waals surface area contributed by atoms with Crippen molar-refractivity contribution in [2.75, 3.05) is 5.32 Å². The van der Waals surface area contributed by atoms with Crippen molar-refractivity contribution in [2.45, 2.75) is 13.0 Å². The highest BCUT2D eigenvalue weighted by molar-refractivity contribution is 7.10. The number of aromatic hydroxyl groups is 1. The van der Waals surface area contributed by atoms with E-state index in [1.54, 1.807) is 23.7 Å². The van der Waals surface area contributed by atoms with Crippen LogP contribution in [0, 0.1) is 6.92 Å². The molecule has 5 heteroatoms. The van der Waals surface area contributed by atoms with Crippen LogP contribution in [0.15, 0.2) is 66.3 Å². The fraction of sp³-hybridized carbons (Fsp3) is 0.100. The summed E-state index contributed by atoms with van der Waals surface area (Å²) in [4.78, 5) is 9.84. The minimum absolute atomic E-state index is 0.194. The molecule has 3 aromatic heterocycles. The van der Waals surface area contributed by atoms with E-state index in [9.17, 15) is 5.11 Å². The molecule has 0 fully saturated rings. The summed E-state index contributed by atoms with van der Waals surface area (Å²) in [6.07, 6.45) is 3.48. The largest absolute Gasteiger partial charge is 0.505 e. The average Bonchev–Trinajstić information content (AvgIpc) is 3.15. The standard InChI is InChI=1S/C20H17N3OS/c1-13-8-10-21-17(12-13)23-19(16-5-3-11-25-16)15-7-6-14-4-2-9-22-18(14)20(15)24/h2-12,19,24H,1H3,(H,21,23). The Morgan fingerprint density at radius 1 is 1.04 bits per heavy atom. The van der Waals surface area contributed by atoms with Crippen LogP contribution < -0.4 is 5.32 Å². The molecule has 0 spiro atoms. The van der Waals surface area contributed by atoms with Gasteiger partial charge in [-0.25, -0.2) is 4.98 Å². The van der Waals surface area contributed by atoms with E-state index in [0.717, 1.165) is 27.2 Å². The number of phenolic OH excluding ortho intramolecular Hbond substituents is 1. The zero-order valence-corrected chi connectivity index (χ0v) is 14.5. The number of nitrogens with zero attached hydrogens (tertiary/aromatic N) is 2. The number of fused-ring (bicyclic) bond motifs is 1. The highest BCUT2D eigenvalue weighted by Crippen LogP contribution is 2.37. The van der Waals surface area contributed by atoms with Gasteiger partial charge in [0.05, 0.1) is 6.04 Å². The van der Waals surface area contributed by atoms with Crippen LogP contribution in [0.1, 0.15) is 22.0 Å². The molecule has 0 radical (unpaired) electrons. The van der Waals surface area contributed by atoms with E-state index in [4.69, 9.17) is 0 Å². The number of nitrogens with one attached hydrogen (secondary N) is 1. The zero-order valence-electron chi connectivity index (χ0n) is 13.7. The number of pyridine rings is 2. The van der Waals surface area contributed by atoms with E-state index in [0.29, 0.717) is 5.52 Å². The van der Waals surface area contributed by atoms with Crippen LogP contribution in [0.25, 0.3) is 10.9 Å². The van der Waals surface area contributed by atoms with E-state index in [2.05, 4.69) is 21.4 Å². The predicted molar refractivity (Wildman–Crippen MR) is 102 cm³/mol. The Hall–Kier alpha value is -2.92. The normalized spacial score (nSPS) is 12.2. The lowest BCUT2D eigenvalue weighted by molar-refractivity contribution is 0.472. The minimum atomic E-state index is -0.194. The molecule has 1 atom stereocenters. The number of hydrogen-bond acceptors (Lipinski definition) is 5. The molecule has 2 N–H and O–H groups in total. The minimum Gasteiger partial charge on any atom is -0.505 e. The van der Waals surface area contributed by atoms with Crippen molar-refractivity contribution in [3.8, 4) is 5.75 Å². The van der Waals surface area contributed by atoms with Gasteiger partial charge in [0.1, 0.15) is 17.1 Å². The van der Waals surface area contributed by atoms with E-state index in [1.807, 2.05) is 54.8 Å². The van der Waals surface area contributed by atoms with E-state index >= 15 is 0 Å². The Labute approximate surface area is 149 Å². The number of hydrogen-bond donors (Lipinski definition) is 2. The summed E-state index contributed by atoms with van der Waals surface area (Å²) >= 11 is 1.64. The maximum absolute atomic E-state index is 10.8. The van der Waals surface area contributed by atoms with Crippen molar-refractivity contribution in [1.29, 1.82) is 0 Å². The molecular weight excluding hydrogens is 330 g/mol. The van der Waals surface area contributed by atoms with Gasteiger partial charge in [0.2, 0.25) is 0 Å². The fourth-order valence-corrected chi connectivity index (χ4v) is 3.69.